The first kappa shape index (κ1) is 13.0. The van der Waals surface area contributed by atoms with Gasteiger partial charge in [0.05, 0.1) is 5.92 Å². The molecule has 3 unspecified atom stereocenters. The molecule has 0 amide bonds. The number of hydrogen-bond donors (Lipinski definition) is 2. The number of aliphatic carboxylic acids is 1. The average molecular weight is 197 g/mol. The number of terminal acetylenes is 1. The second-order valence-electron chi connectivity index (χ2n) is 3.60. The van der Waals surface area contributed by atoms with Gasteiger partial charge in [-0.2, -0.15) is 0 Å². The molecular formula is C11H19NO2. The van der Waals surface area contributed by atoms with E-state index in [1.165, 1.54) is 0 Å². The molecule has 0 aliphatic heterocycles. The molecule has 3 nitrogen and oxygen atoms in total. The van der Waals surface area contributed by atoms with Gasteiger partial charge in [0.1, 0.15) is 0 Å². The minimum absolute atomic E-state index is 0.0502. The molecule has 0 aromatic carbocycles. The Bertz CT molecular complexity index is 220. The highest BCUT2D eigenvalue weighted by Crippen LogP contribution is 2.06. The molecule has 3 heteroatoms. The summed E-state index contributed by atoms with van der Waals surface area (Å²) in [5, 5.41) is 12.0. The molecule has 0 aliphatic rings. The van der Waals surface area contributed by atoms with Crippen LogP contribution in [0, 0.1) is 18.3 Å². The molecule has 0 rings (SSSR count). The van der Waals surface area contributed by atoms with Crippen molar-refractivity contribution < 1.29 is 9.90 Å². The predicted octanol–water partition coefficient (Wildman–Crippen LogP) is 1.49. The lowest BCUT2D eigenvalue weighted by Gasteiger charge is -2.23. The van der Waals surface area contributed by atoms with Crippen molar-refractivity contribution in [1.29, 1.82) is 0 Å². The summed E-state index contributed by atoms with van der Waals surface area (Å²) in [7, 11) is 0. The van der Waals surface area contributed by atoms with E-state index >= 15 is 0 Å². The van der Waals surface area contributed by atoms with Crippen molar-refractivity contribution in [3.05, 3.63) is 0 Å². The molecule has 80 valence electrons. The maximum absolute atomic E-state index is 10.7. The van der Waals surface area contributed by atoms with E-state index in [1.54, 1.807) is 6.92 Å². The normalized spacial score (nSPS) is 16.7. The Kier molecular flexibility index (Phi) is 5.98. The lowest BCUT2D eigenvalue weighted by Crippen LogP contribution is -2.42. The predicted molar refractivity (Wildman–Crippen MR) is 56.9 cm³/mol. The van der Waals surface area contributed by atoms with Crippen LogP contribution in [0.5, 0.6) is 0 Å². The van der Waals surface area contributed by atoms with Gasteiger partial charge in [0.25, 0.3) is 0 Å². The van der Waals surface area contributed by atoms with E-state index < -0.39 is 5.97 Å². The number of rotatable bonds is 6. The van der Waals surface area contributed by atoms with Crippen molar-refractivity contribution in [3.63, 3.8) is 0 Å². The third kappa shape index (κ3) is 4.29. The van der Waals surface area contributed by atoms with Crippen molar-refractivity contribution in [2.24, 2.45) is 5.92 Å². The molecule has 14 heavy (non-hydrogen) atoms. The van der Waals surface area contributed by atoms with Gasteiger partial charge in [0.15, 0.2) is 0 Å². The molecule has 0 fully saturated rings. The van der Waals surface area contributed by atoms with Gasteiger partial charge in [-0.05, 0) is 13.3 Å². The zero-order chi connectivity index (χ0) is 11.1. The number of carbonyl (C=O) groups is 1. The molecule has 3 atom stereocenters. The monoisotopic (exact) mass is 197 g/mol. The fourth-order valence-electron chi connectivity index (χ4n) is 1.19. The van der Waals surface area contributed by atoms with Crippen molar-refractivity contribution in [2.75, 3.05) is 0 Å². The molecule has 0 aromatic heterocycles. The van der Waals surface area contributed by atoms with Gasteiger partial charge in [-0.3, -0.25) is 4.79 Å². The maximum atomic E-state index is 10.7. The second-order valence-corrected chi connectivity index (χ2v) is 3.60. The summed E-state index contributed by atoms with van der Waals surface area (Å²) in [4.78, 5) is 10.7. The van der Waals surface area contributed by atoms with Crippen LogP contribution in [0.3, 0.4) is 0 Å². The standard InChI is InChI=1S/C11H19NO2/c1-5-7-10(6-2)12-9(4)8(3)11(13)14/h1,8-10,12H,6-7H2,2-4H3,(H,13,14). The van der Waals surface area contributed by atoms with Crippen LogP contribution in [0.25, 0.3) is 0 Å². The Morgan fingerprint density at radius 3 is 2.50 bits per heavy atom. The van der Waals surface area contributed by atoms with Crippen molar-refractivity contribution in [2.45, 2.75) is 45.7 Å². The Balaban J connectivity index is 4.08. The molecule has 0 saturated carbocycles. The van der Waals surface area contributed by atoms with Crippen LogP contribution < -0.4 is 5.32 Å². The van der Waals surface area contributed by atoms with Gasteiger partial charge in [-0.15, -0.1) is 12.3 Å². The molecule has 0 heterocycles. The highest BCUT2D eigenvalue weighted by atomic mass is 16.4. The second kappa shape index (κ2) is 6.44. The molecule has 0 bridgehead atoms. The Morgan fingerprint density at radius 1 is 1.57 bits per heavy atom. The Morgan fingerprint density at radius 2 is 2.14 bits per heavy atom. The first-order valence-electron chi connectivity index (χ1n) is 4.95. The van der Waals surface area contributed by atoms with Gasteiger partial charge in [0.2, 0.25) is 0 Å². The summed E-state index contributed by atoms with van der Waals surface area (Å²) < 4.78 is 0. The van der Waals surface area contributed by atoms with E-state index in [9.17, 15) is 4.79 Å². The Labute approximate surface area is 85.9 Å². The molecule has 2 N–H and O–H groups in total. The molecule has 0 radical (unpaired) electrons. The minimum Gasteiger partial charge on any atom is -0.481 e. The van der Waals surface area contributed by atoms with Crippen LogP contribution in [0.15, 0.2) is 0 Å². The topological polar surface area (TPSA) is 49.3 Å². The fraction of sp³-hybridized carbons (Fsp3) is 0.727. The van der Waals surface area contributed by atoms with Crippen LogP contribution in [-0.2, 0) is 4.79 Å². The van der Waals surface area contributed by atoms with Crippen LogP contribution in [-0.4, -0.2) is 23.2 Å². The Hall–Kier alpha value is -1.01. The van der Waals surface area contributed by atoms with E-state index in [0.717, 1.165) is 6.42 Å². The number of carboxylic acid groups (broad SMARTS) is 1. The first-order chi connectivity index (χ1) is 6.52. The minimum atomic E-state index is -0.777. The molecule has 0 aromatic rings. The van der Waals surface area contributed by atoms with Gasteiger partial charge in [0, 0.05) is 18.5 Å². The van der Waals surface area contributed by atoms with Gasteiger partial charge < -0.3 is 10.4 Å². The third-order valence-electron chi connectivity index (χ3n) is 2.50. The van der Waals surface area contributed by atoms with E-state index in [-0.39, 0.29) is 18.0 Å². The van der Waals surface area contributed by atoms with Crippen LogP contribution in [0.2, 0.25) is 0 Å². The van der Waals surface area contributed by atoms with Crippen LogP contribution >= 0.6 is 0 Å². The van der Waals surface area contributed by atoms with E-state index in [2.05, 4.69) is 11.2 Å². The smallest absolute Gasteiger partial charge is 0.307 e. The van der Waals surface area contributed by atoms with Crippen LogP contribution in [0.1, 0.15) is 33.6 Å². The van der Waals surface area contributed by atoms with Gasteiger partial charge >= 0.3 is 5.97 Å². The summed E-state index contributed by atoms with van der Waals surface area (Å²) in [5.41, 5.74) is 0. The number of hydrogen-bond acceptors (Lipinski definition) is 2. The summed E-state index contributed by atoms with van der Waals surface area (Å²) in [6.07, 6.45) is 6.77. The largest absolute Gasteiger partial charge is 0.481 e. The number of carboxylic acids is 1. The summed E-state index contributed by atoms with van der Waals surface area (Å²) in [6, 6.07) is 0.169. The highest BCUT2D eigenvalue weighted by Gasteiger charge is 2.20. The molecule has 0 saturated heterocycles. The average Bonchev–Trinajstić information content (AvgIpc) is 2.15. The van der Waals surface area contributed by atoms with Crippen LogP contribution in [0.4, 0.5) is 0 Å². The lowest BCUT2D eigenvalue weighted by atomic mass is 10.0. The van der Waals surface area contributed by atoms with Crippen molar-refractivity contribution in [1.82, 2.24) is 5.32 Å². The summed E-state index contributed by atoms with van der Waals surface area (Å²) in [5.74, 6) is 1.42. The summed E-state index contributed by atoms with van der Waals surface area (Å²) >= 11 is 0. The lowest BCUT2D eigenvalue weighted by molar-refractivity contribution is -0.142. The molecular weight excluding hydrogens is 178 g/mol. The van der Waals surface area contributed by atoms with E-state index in [4.69, 9.17) is 11.5 Å². The van der Waals surface area contributed by atoms with E-state index in [0.29, 0.717) is 6.42 Å². The zero-order valence-electron chi connectivity index (χ0n) is 9.08. The van der Waals surface area contributed by atoms with Gasteiger partial charge in [-0.1, -0.05) is 13.8 Å². The fourth-order valence-corrected chi connectivity index (χ4v) is 1.19. The maximum Gasteiger partial charge on any atom is 0.307 e. The molecule has 0 spiro atoms. The third-order valence-corrected chi connectivity index (χ3v) is 2.50. The zero-order valence-corrected chi connectivity index (χ0v) is 9.08. The van der Waals surface area contributed by atoms with E-state index in [1.807, 2.05) is 13.8 Å². The van der Waals surface area contributed by atoms with Crippen molar-refractivity contribution >= 4 is 5.97 Å². The van der Waals surface area contributed by atoms with Gasteiger partial charge in [-0.25, -0.2) is 0 Å². The highest BCUT2D eigenvalue weighted by molar-refractivity contribution is 5.70. The molecule has 0 aliphatic carbocycles. The number of nitrogens with one attached hydrogen (secondary N) is 1. The van der Waals surface area contributed by atoms with Crippen molar-refractivity contribution in [3.8, 4) is 12.3 Å². The SMILES string of the molecule is C#CCC(CC)NC(C)C(C)C(=O)O. The first-order valence-corrected chi connectivity index (χ1v) is 4.95. The summed E-state index contributed by atoms with van der Waals surface area (Å²) in [6.45, 7) is 5.60. The quantitative estimate of drug-likeness (QED) is 0.634.